The first-order valence-corrected chi connectivity index (χ1v) is 6.63. The second-order valence-corrected chi connectivity index (χ2v) is 4.68. The second-order valence-electron chi connectivity index (χ2n) is 4.28. The largest absolute Gasteiger partial charge is 0.319 e. The van der Waals surface area contributed by atoms with Gasteiger partial charge in [0.15, 0.2) is 0 Å². The van der Waals surface area contributed by atoms with Crippen molar-refractivity contribution in [2.24, 2.45) is 0 Å². The molecule has 6 heteroatoms. The molecule has 1 amide bonds. The summed E-state index contributed by atoms with van der Waals surface area (Å²) in [5, 5.41) is 3.14. The minimum Gasteiger partial charge on any atom is -0.319 e. The van der Waals surface area contributed by atoms with Gasteiger partial charge < -0.3 is 9.88 Å². The number of para-hydroxylation sites is 2. The Labute approximate surface area is 126 Å². The maximum atomic E-state index is 12.3. The van der Waals surface area contributed by atoms with E-state index in [2.05, 4.69) is 15.3 Å². The van der Waals surface area contributed by atoms with E-state index >= 15 is 0 Å². The van der Waals surface area contributed by atoms with E-state index in [-0.39, 0.29) is 11.6 Å². The summed E-state index contributed by atoms with van der Waals surface area (Å²) in [4.78, 5) is 20.3. The highest BCUT2D eigenvalue weighted by Gasteiger charge is 2.13. The topological polar surface area (TPSA) is 59.8 Å². The average molecular weight is 299 g/mol. The molecule has 3 aromatic rings. The van der Waals surface area contributed by atoms with Crippen molar-refractivity contribution in [3.8, 4) is 5.69 Å². The van der Waals surface area contributed by atoms with Gasteiger partial charge in [0.2, 0.25) is 0 Å². The first-order valence-electron chi connectivity index (χ1n) is 6.25. The zero-order chi connectivity index (χ0) is 14.7. The molecule has 0 aliphatic carbocycles. The Hall–Kier alpha value is -2.66. The summed E-state index contributed by atoms with van der Waals surface area (Å²) in [5.74, 6) is -0.354. The lowest BCUT2D eigenvalue weighted by Crippen LogP contribution is -2.15. The first-order chi connectivity index (χ1) is 10.3. The minimum atomic E-state index is -0.354. The average Bonchev–Trinajstić information content (AvgIpc) is 3.02. The van der Waals surface area contributed by atoms with Crippen LogP contribution in [-0.4, -0.2) is 20.4 Å². The third-order valence-electron chi connectivity index (χ3n) is 2.91. The summed E-state index contributed by atoms with van der Waals surface area (Å²) in [6.45, 7) is 0. The molecule has 0 radical (unpaired) electrons. The van der Waals surface area contributed by atoms with Crippen molar-refractivity contribution < 1.29 is 4.79 Å². The quantitative estimate of drug-likeness (QED) is 0.808. The first kappa shape index (κ1) is 13.3. The smallest absolute Gasteiger partial charge is 0.275 e. The lowest BCUT2D eigenvalue weighted by molar-refractivity contribution is 0.102. The molecule has 0 atom stereocenters. The number of benzene rings is 1. The van der Waals surface area contributed by atoms with Crippen LogP contribution in [0.3, 0.4) is 0 Å². The summed E-state index contributed by atoms with van der Waals surface area (Å²) >= 11 is 5.99. The Bertz CT molecular complexity index is 771. The van der Waals surface area contributed by atoms with E-state index in [1.54, 1.807) is 30.9 Å². The van der Waals surface area contributed by atoms with Gasteiger partial charge in [-0.05, 0) is 24.3 Å². The van der Waals surface area contributed by atoms with Crippen LogP contribution in [0.5, 0.6) is 0 Å². The number of amides is 1. The summed E-state index contributed by atoms with van der Waals surface area (Å²) < 4.78 is 1.82. The lowest BCUT2D eigenvalue weighted by Gasteiger charge is -2.11. The SMILES string of the molecule is O=C(Nc1ccccc1-n1ccnc1)c1ncccc1Cl. The minimum absolute atomic E-state index is 0.194. The van der Waals surface area contributed by atoms with E-state index in [9.17, 15) is 4.79 Å². The van der Waals surface area contributed by atoms with E-state index in [0.29, 0.717) is 10.7 Å². The number of nitrogens with zero attached hydrogens (tertiary/aromatic N) is 3. The fourth-order valence-electron chi connectivity index (χ4n) is 1.94. The van der Waals surface area contributed by atoms with Gasteiger partial charge >= 0.3 is 0 Å². The van der Waals surface area contributed by atoms with Crippen molar-refractivity contribution in [1.29, 1.82) is 0 Å². The normalized spacial score (nSPS) is 10.3. The van der Waals surface area contributed by atoms with Gasteiger partial charge in [-0.2, -0.15) is 0 Å². The number of carbonyl (C=O) groups is 1. The predicted octanol–water partition coefficient (Wildman–Crippen LogP) is 3.17. The van der Waals surface area contributed by atoms with Gasteiger partial charge in [0.25, 0.3) is 5.91 Å². The fourth-order valence-corrected chi connectivity index (χ4v) is 2.15. The van der Waals surface area contributed by atoms with Crippen LogP contribution in [0.2, 0.25) is 5.02 Å². The zero-order valence-corrected chi connectivity index (χ0v) is 11.7. The Balaban J connectivity index is 1.93. The summed E-state index contributed by atoms with van der Waals surface area (Å²) in [5.41, 5.74) is 1.66. The molecule has 2 aromatic heterocycles. The molecule has 0 aliphatic heterocycles. The highest BCUT2D eigenvalue weighted by molar-refractivity contribution is 6.34. The Morgan fingerprint density at radius 2 is 2.00 bits per heavy atom. The number of pyridine rings is 1. The molecule has 2 heterocycles. The van der Waals surface area contributed by atoms with Crippen molar-refractivity contribution in [2.75, 3.05) is 5.32 Å². The van der Waals surface area contributed by atoms with Crippen molar-refractivity contribution in [2.45, 2.75) is 0 Å². The molecule has 0 bridgehead atoms. The summed E-state index contributed by atoms with van der Waals surface area (Å²) in [6, 6.07) is 10.7. The van der Waals surface area contributed by atoms with E-state index in [1.807, 2.05) is 28.8 Å². The molecule has 0 saturated heterocycles. The zero-order valence-electron chi connectivity index (χ0n) is 10.9. The number of imidazole rings is 1. The van der Waals surface area contributed by atoms with Gasteiger partial charge in [0.05, 0.1) is 22.7 Å². The number of nitrogens with one attached hydrogen (secondary N) is 1. The van der Waals surface area contributed by atoms with Crippen molar-refractivity contribution >= 4 is 23.2 Å². The van der Waals surface area contributed by atoms with Gasteiger partial charge in [-0.15, -0.1) is 0 Å². The number of hydrogen-bond donors (Lipinski definition) is 1. The van der Waals surface area contributed by atoms with Gasteiger partial charge in [-0.1, -0.05) is 23.7 Å². The van der Waals surface area contributed by atoms with Crippen LogP contribution in [0, 0.1) is 0 Å². The fraction of sp³-hybridized carbons (Fsp3) is 0. The molecule has 1 aromatic carbocycles. The Morgan fingerprint density at radius 1 is 1.14 bits per heavy atom. The molecule has 104 valence electrons. The Morgan fingerprint density at radius 3 is 2.76 bits per heavy atom. The van der Waals surface area contributed by atoms with Crippen LogP contribution in [0.1, 0.15) is 10.5 Å². The van der Waals surface area contributed by atoms with Crippen LogP contribution in [0.15, 0.2) is 61.3 Å². The van der Waals surface area contributed by atoms with E-state index in [0.717, 1.165) is 5.69 Å². The molecular weight excluding hydrogens is 288 g/mol. The van der Waals surface area contributed by atoms with Crippen LogP contribution in [0.4, 0.5) is 5.69 Å². The monoisotopic (exact) mass is 298 g/mol. The van der Waals surface area contributed by atoms with Gasteiger partial charge in [-0.3, -0.25) is 4.79 Å². The molecule has 0 unspecified atom stereocenters. The van der Waals surface area contributed by atoms with Crippen LogP contribution >= 0.6 is 11.6 Å². The number of hydrogen-bond acceptors (Lipinski definition) is 3. The number of anilines is 1. The molecule has 5 nitrogen and oxygen atoms in total. The second kappa shape index (κ2) is 5.76. The molecule has 0 fully saturated rings. The molecule has 0 aliphatic rings. The molecule has 3 rings (SSSR count). The number of rotatable bonds is 3. The van der Waals surface area contributed by atoms with E-state index in [1.165, 1.54) is 6.20 Å². The van der Waals surface area contributed by atoms with Crippen LogP contribution in [0.25, 0.3) is 5.69 Å². The highest BCUT2D eigenvalue weighted by Crippen LogP contribution is 2.21. The molecule has 0 saturated carbocycles. The highest BCUT2D eigenvalue weighted by atomic mass is 35.5. The van der Waals surface area contributed by atoms with E-state index in [4.69, 9.17) is 11.6 Å². The maximum absolute atomic E-state index is 12.3. The molecule has 21 heavy (non-hydrogen) atoms. The van der Waals surface area contributed by atoms with Crippen molar-refractivity contribution in [3.05, 3.63) is 72.0 Å². The number of aromatic nitrogens is 3. The van der Waals surface area contributed by atoms with Crippen LogP contribution < -0.4 is 5.32 Å². The number of carbonyl (C=O) groups excluding carboxylic acids is 1. The van der Waals surface area contributed by atoms with Gasteiger partial charge in [0, 0.05) is 18.6 Å². The maximum Gasteiger partial charge on any atom is 0.275 e. The third kappa shape index (κ3) is 2.78. The van der Waals surface area contributed by atoms with Gasteiger partial charge in [0.1, 0.15) is 5.69 Å². The Kier molecular flexibility index (Phi) is 3.66. The molecule has 0 spiro atoms. The van der Waals surface area contributed by atoms with Crippen molar-refractivity contribution in [3.63, 3.8) is 0 Å². The van der Waals surface area contributed by atoms with Crippen molar-refractivity contribution in [1.82, 2.24) is 14.5 Å². The van der Waals surface area contributed by atoms with Gasteiger partial charge in [-0.25, -0.2) is 9.97 Å². The summed E-state index contributed by atoms with van der Waals surface area (Å²) in [6.07, 6.45) is 6.67. The van der Waals surface area contributed by atoms with E-state index < -0.39 is 0 Å². The molecular formula is C15H11ClN4O. The molecule has 1 N–H and O–H groups in total. The summed E-state index contributed by atoms with van der Waals surface area (Å²) in [7, 11) is 0. The predicted molar refractivity (Wildman–Crippen MR) is 80.8 cm³/mol. The lowest BCUT2D eigenvalue weighted by atomic mass is 10.2. The van der Waals surface area contributed by atoms with Crippen LogP contribution in [-0.2, 0) is 0 Å². The third-order valence-corrected chi connectivity index (χ3v) is 3.21. The number of halogens is 1. The standard InChI is InChI=1S/C15H11ClN4O/c16-11-4-3-7-18-14(11)15(21)19-12-5-1-2-6-13(12)20-9-8-17-10-20/h1-10H,(H,19,21).